The molecule has 2 unspecified atom stereocenters. The number of aryl methyl sites for hydroxylation is 1. The van der Waals surface area contributed by atoms with Crippen LogP contribution in [0.3, 0.4) is 0 Å². The van der Waals surface area contributed by atoms with Crippen LogP contribution in [0.25, 0.3) is 11.3 Å². The first-order valence-corrected chi connectivity index (χ1v) is 13.0. The summed E-state index contributed by atoms with van der Waals surface area (Å²) < 4.78 is 54.9. The molecular weight excluding hydrogens is 496 g/mol. The van der Waals surface area contributed by atoms with Crippen molar-refractivity contribution < 1.29 is 17.6 Å². The third kappa shape index (κ3) is 5.00. The van der Waals surface area contributed by atoms with E-state index in [4.69, 9.17) is 9.97 Å². The van der Waals surface area contributed by atoms with E-state index < -0.39 is 11.7 Å². The molecule has 5 rings (SSSR count). The van der Waals surface area contributed by atoms with Gasteiger partial charge in [0.15, 0.2) is 0 Å². The fourth-order valence-electron chi connectivity index (χ4n) is 5.59. The van der Waals surface area contributed by atoms with Gasteiger partial charge in [0.2, 0.25) is 5.95 Å². The van der Waals surface area contributed by atoms with Crippen molar-refractivity contribution in [2.75, 3.05) is 34.3 Å². The topological polar surface area (TPSA) is 48.4 Å². The van der Waals surface area contributed by atoms with Gasteiger partial charge in [-0.05, 0) is 76.4 Å². The van der Waals surface area contributed by atoms with Crippen molar-refractivity contribution in [2.45, 2.75) is 64.8 Å². The molecule has 4 heterocycles. The Labute approximate surface area is 220 Å². The van der Waals surface area contributed by atoms with Crippen molar-refractivity contribution in [1.29, 1.82) is 0 Å². The van der Waals surface area contributed by atoms with Gasteiger partial charge in [-0.1, -0.05) is 0 Å². The van der Waals surface area contributed by atoms with Crippen molar-refractivity contribution in [3.63, 3.8) is 0 Å². The van der Waals surface area contributed by atoms with Gasteiger partial charge < -0.3 is 14.7 Å². The third-order valence-electron chi connectivity index (χ3n) is 7.65. The van der Waals surface area contributed by atoms with Crippen molar-refractivity contribution in [2.24, 2.45) is 0 Å². The first-order chi connectivity index (χ1) is 18.0. The highest BCUT2D eigenvalue weighted by molar-refractivity contribution is 5.67. The van der Waals surface area contributed by atoms with Gasteiger partial charge in [-0.15, -0.1) is 0 Å². The van der Waals surface area contributed by atoms with E-state index in [0.717, 1.165) is 24.5 Å². The van der Waals surface area contributed by atoms with E-state index in [1.165, 1.54) is 18.3 Å². The Bertz CT molecular complexity index is 1300. The molecule has 0 radical (unpaired) electrons. The smallest absolute Gasteiger partial charge is 0.352 e. The largest absolute Gasteiger partial charge is 0.419 e. The molecule has 0 amide bonds. The molecule has 1 aromatic carbocycles. The Hall–Kier alpha value is -3.43. The fraction of sp³-hybridized carbons (Fsp3) is 0.464. The van der Waals surface area contributed by atoms with Gasteiger partial charge in [0.05, 0.1) is 11.3 Å². The quantitative estimate of drug-likeness (QED) is 0.382. The van der Waals surface area contributed by atoms with E-state index in [1.54, 1.807) is 24.0 Å². The number of halogens is 4. The number of alkyl halides is 3. The lowest BCUT2D eigenvalue weighted by molar-refractivity contribution is -0.137. The zero-order valence-corrected chi connectivity index (χ0v) is 22.0. The Kier molecular flexibility index (Phi) is 6.92. The molecule has 0 saturated carbocycles. The van der Waals surface area contributed by atoms with Crippen LogP contribution in [0, 0.1) is 12.7 Å². The molecule has 6 nitrogen and oxygen atoms in total. The Morgan fingerprint density at radius 1 is 0.921 bits per heavy atom. The first kappa shape index (κ1) is 26.2. The summed E-state index contributed by atoms with van der Waals surface area (Å²) in [5.74, 6) is 1.01. The van der Waals surface area contributed by atoms with Crippen LogP contribution >= 0.6 is 0 Å². The minimum Gasteiger partial charge on any atom is -0.352 e. The zero-order chi connectivity index (χ0) is 27.2. The van der Waals surface area contributed by atoms with E-state index in [2.05, 4.69) is 28.6 Å². The molecule has 0 aliphatic carbocycles. The lowest BCUT2D eigenvalue weighted by Crippen LogP contribution is -2.53. The number of pyridine rings is 1. The van der Waals surface area contributed by atoms with Gasteiger partial charge in [0.25, 0.3) is 0 Å². The van der Waals surface area contributed by atoms with Crippen molar-refractivity contribution in [1.82, 2.24) is 15.0 Å². The molecule has 3 atom stereocenters. The summed E-state index contributed by atoms with van der Waals surface area (Å²) in [7, 11) is 0. The first-order valence-electron chi connectivity index (χ1n) is 13.0. The number of benzene rings is 1. The summed E-state index contributed by atoms with van der Waals surface area (Å²) in [5, 5.41) is 0. The normalized spacial score (nSPS) is 22.3. The summed E-state index contributed by atoms with van der Waals surface area (Å²) >= 11 is 0. The summed E-state index contributed by atoms with van der Waals surface area (Å²) in [6, 6.07) is 9.66. The maximum absolute atomic E-state index is 14.0. The van der Waals surface area contributed by atoms with Crippen LogP contribution in [0.4, 0.5) is 35.1 Å². The average Bonchev–Trinajstić information content (AvgIpc) is 3.22. The second-order valence-corrected chi connectivity index (χ2v) is 10.4. The van der Waals surface area contributed by atoms with Crippen molar-refractivity contribution in [3.8, 4) is 11.3 Å². The predicted molar refractivity (Wildman–Crippen MR) is 141 cm³/mol. The Morgan fingerprint density at radius 2 is 1.66 bits per heavy atom. The van der Waals surface area contributed by atoms with E-state index in [9.17, 15) is 17.6 Å². The molecule has 0 bridgehead atoms. The molecule has 2 aliphatic heterocycles. The molecule has 2 fully saturated rings. The second-order valence-electron chi connectivity index (χ2n) is 10.4. The van der Waals surface area contributed by atoms with E-state index in [0.29, 0.717) is 42.7 Å². The number of hydrogen-bond acceptors (Lipinski definition) is 6. The average molecular weight is 529 g/mol. The van der Waals surface area contributed by atoms with Crippen LogP contribution in [-0.4, -0.2) is 52.7 Å². The predicted octanol–water partition coefficient (Wildman–Crippen LogP) is 6.10. The standard InChI is InChI=1S/C28H32F4N6/c1-17-14-21(9-10-23(17)29)24-15-25(35-27(34-24)38-18(2)7-8-19(38)3)37-13-12-36(16-20(37)4)26-22(28(30,31)32)6-5-11-33-26/h5-6,9-11,14-15,18-20H,7-8,12-13,16H2,1-4H3/t18?,19?,20-/m1/s1. The van der Waals surface area contributed by atoms with Crippen LogP contribution < -0.4 is 14.7 Å². The van der Waals surface area contributed by atoms with E-state index in [-0.39, 0.29) is 29.8 Å². The summed E-state index contributed by atoms with van der Waals surface area (Å²) in [4.78, 5) is 20.0. The number of hydrogen-bond donors (Lipinski definition) is 0. The summed E-state index contributed by atoms with van der Waals surface area (Å²) in [5.41, 5.74) is 1.29. The molecule has 2 aromatic heterocycles. The SMILES string of the molecule is Cc1cc(-c2cc(N3CCN(c4ncccc4C(F)(F)F)C[C@H]3C)nc(N3C(C)CCC3C)n2)ccc1F. The molecule has 10 heteroatoms. The fourth-order valence-corrected chi connectivity index (χ4v) is 5.59. The molecule has 3 aromatic rings. The monoisotopic (exact) mass is 528 g/mol. The molecule has 0 spiro atoms. The van der Waals surface area contributed by atoms with Crippen molar-refractivity contribution >= 4 is 17.6 Å². The minimum atomic E-state index is -4.48. The maximum Gasteiger partial charge on any atom is 0.419 e. The van der Waals surface area contributed by atoms with Gasteiger partial charge in [-0.2, -0.15) is 18.2 Å². The summed E-state index contributed by atoms with van der Waals surface area (Å²) in [6.07, 6.45) is -0.995. The van der Waals surface area contributed by atoms with Gasteiger partial charge in [0.1, 0.15) is 17.5 Å². The number of anilines is 3. The van der Waals surface area contributed by atoms with Crippen LogP contribution in [0.15, 0.2) is 42.6 Å². The highest BCUT2D eigenvalue weighted by Gasteiger charge is 2.37. The molecule has 2 aliphatic rings. The maximum atomic E-state index is 14.0. The van der Waals surface area contributed by atoms with Gasteiger partial charge in [0, 0.05) is 55.6 Å². The van der Waals surface area contributed by atoms with Crippen LogP contribution in [0.2, 0.25) is 0 Å². The summed E-state index contributed by atoms with van der Waals surface area (Å²) in [6.45, 7) is 9.22. The van der Waals surface area contributed by atoms with Crippen LogP contribution in [0.1, 0.15) is 44.7 Å². The third-order valence-corrected chi connectivity index (χ3v) is 7.65. The minimum absolute atomic E-state index is 0.0444. The number of aromatic nitrogens is 3. The lowest BCUT2D eigenvalue weighted by atomic mass is 10.1. The lowest BCUT2D eigenvalue weighted by Gasteiger charge is -2.42. The highest BCUT2D eigenvalue weighted by atomic mass is 19.4. The Morgan fingerprint density at radius 3 is 2.32 bits per heavy atom. The number of rotatable bonds is 4. The zero-order valence-electron chi connectivity index (χ0n) is 22.0. The van der Waals surface area contributed by atoms with E-state index >= 15 is 0 Å². The highest BCUT2D eigenvalue weighted by Crippen LogP contribution is 2.37. The van der Waals surface area contributed by atoms with Crippen molar-refractivity contribution in [3.05, 3.63) is 59.5 Å². The van der Waals surface area contributed by atoms with Gasteiger partial charge in [-0.3, -0.25) is 0 Å². The number of piperazine rings is 1. The van der Waals surface area contributed by atoms with Gasteiger partial charge in [-0.25, -0.2) is 14.4 Å². The van der Waals surface area contributed by atoms with Gasteiger partial charge >= 0.3 is 6.18 Å². The molecular formula is C28H32F4N6. The molecule has 0 N–H and O–H groups in total. The molecule has 202 valence electrons. The van der Waals surface area contributed by atoms with Crippen LogP contribution in [-0.2, 0) is 6.18 Å². The second kappa shape index (κ2) is 10.0. The Balaban J connectivity index is 1.50. The van der Waals surface area contributed by atoms with Crippen LogP contribution in [0.5, 0.6) is 0 Å². The molecule has 2 saturated heterocycles. The number of nitrogens with zero attached hydrogens (tertiary/aromatic N) is 6. The molecule has 38 heavy (non-hydrogen) atoms. The van der Waals surface area contributed by atoms with E-state index in [1.807, 2.05) is 13.0 Å².